The van der Waals surface area contributed by atoms with Gasteiger partial charge in [-0.15, -0.1) is 10.2 Å². The zero-order valence-electron chi connectivity index (χ0n) is 11.2. The summed E-state index contributed by atoms with van der Waals surface area (Å²) in [6.45, 7) is 0. The highest BCUT2D eigenvalue weighted by atomic mass is 15.1. The zero-order valence-corrected chi connectivity index (χ0v) is 11.2. The predicted octanol–water partition coefficient (Wildman–Crippen LogP) is 3.43. The van der Waals surface area contributed by atoms with E-state index in [9.17, 15) is 0 Å². The van der Waals surface area contributed by atoms with Crippen molar-refractivity contribution in [3.05, 3.63) is 60.8 Å². The van der Waals surface area contributed by atoms with Gasteiger partial charge >= 0.3 is 0 Å². The summed E-state index contributed by atoms with van der Waals surface area (Å²) in [7, 11) is 0. The fourth-order valence-electron chi connectivity index (χ4n) is 2.56. The average Bonchev–Trinajstić information content (AvgIpc) is 2.55. The second-order valence-electron chi connectivity index (χ2n) is 4.89. The largest absolute Gasteiger partial charge is 0.382 e. The molecule has 0 spiro atoms. The van der Waals surface area contributed by atoms with Crippen LogP contribution in [0, 0.1) is 0 Å². The van der Waals surface area contributed by atoms with Crippen LogP contribution in [0.2, 0.25) is 0 Å². The molecule has 2 heterocycles. The van der Waals surface area contributed by atoms with Gasteiger partial charge in [-0.2, -0.15) is 0 Å². The van der Waals surface area contributed by atoms with E-state index in [4.69, 9.17) is 5.73 Å². The molecule has 2 N–H and O–H groups in total. The first-order chi connectivity index (χ1) is 10.3. The molecule has 0 atom stereocenters. The molecule has 2 aromatic heterocycles. The minimum absolute atomic E-state index is 0.455. The maximum atomic E-state index is 5.91. The molecule has 0 fully saturated rings. The Balaban J connectivity index is 2.02. The van der Waals surface area contributed by atoms with Crippen molar-refractivity contribution in [2.45, 2.75) is 0 Å². The number of hydrogen-bond acceptors (Lipinski definition) is 4. The number of aromatic nitrogens is 3. The summed E-state index contributed by atoms with van der Waals surface area (Å²) in [6.07, 6.45) is 1.79. The SMILES string of the molecule is Nc1nnc(-c2ccc3ncccc3c2)c2ccccc12. The van der Waals surface area contributed by atoms with E-state index in [-0.39, 0.29) is 0 Å². The Hall–Kier alpha value is -3.01. The Morgan fingerprint density at radius 1 is 0.810 bits per heavy atom. The van der Waals surface area contributed by atoms with E-state index in [1.54, 1.807) is 6.20 Å². The van der Waals surface area contributed by atoms with Gasteiger partial charge in [-0.25, -0.2) is 0 Å². The number of nitrogens with two attached hydrogens (primary N) is 1. The third-order valence-electron chi connectivity index (χ3n) is 3.59. The Labute approximate surface area is 121 Å². The first kappa shape index (κ1) is 11.8. The van der Waals surface area contributed by atoms with Gasteiger partial charge in [-0.3, -0.25) is 4.98 Å². The van der Waals surface area contributed by atoms with Gasteiger partial charge in [0.05, 0.1) is 5.52 Å². The number of nitrogen functional groups attached to an aromatic ring is 1. The summed E-state index contributed by atoms with van der Waals surface area (Å²) in [5, 5.41) is 11.4. The second-order valence-corrected chi connectivity index (χ2v) is 4.89. The number of hydrogen-bond donors (Lipinski definition) is 1. The highest BCUT2D eigenvalue weighted by Gasteiger charge is 2.09. The molecule has 4 nitrogen and oxygen atoms in total. The Bertz CT molecular complexity index is 963. The summed E-state index contributed by atoms with van der Waals surface area (Å²) in [4.78, 5) is 4.34. The van der Waals surface area contributed by atoms with Crippen LogP contribution in [0.3, 0.4) is 0 Å². The van der Waals surface area contributed by atoms with E-state index >= 15 is 0 Å². The lowest BCUT2D eigenvalue weighted by atomic mass is 10.0. The molecule has 21 heavy (non-hydrogen) atoms. The average molecular weight is 272 g/mol. The molecule has 2 aromatic carbocycles. The minimum Gasteiger partial charge on any atom is -0.382 e. The van der Waals surface area contributed by atoms with Gasteiger partial charge in [-0.1, -0.05) is 36.4 Å². The fourth-order valence-corrected chi connectivity index (χ4v) is 2.56. The van der Waals surface area contributed by atoms with E-state index < -0.39 is 0 Å². The van der Waals surface area contributed by atoms with Gasteiger partial charge in [0.15, 0.2) is 5.82 Å². The highest BCUT2D eigenvalue weighted by molar-refractivity contribution is 6.00. The molecule has 4 heteroatoms. The third kappa shape index (κ3) is 1.89. The normalized spacial score (nSPS) is 11.0. The van der Waals surface area contributed by atoms with Crippen molar-refractivity contribution >= 4 is 27.5 Å². The lowest BCUT2D eigenvalue weighted by Gasteiger charge is -2.07. The van der Waals surface area contributed by atoms with E-state index in [1.807, 2.05) is 48.5 Å². The van der Waals surface area contributed by atoms with E-state index in [2.05, 4.69) is 21.2 Å². The van der Waals surface area contributed by atoms with Crippen LogP contribution in [-0.2, 0) is 0 Å². The summed E-state index contributed by atoms with van der Waals surface area (Å²) in [5.74, 6) is 0.455. The van der Waals surface area contributed by atoms with Crippen molar-refractivity contribution in [3.8, 4) is 11.3 Å². The summed E-state index contributed by atoms with van der Waals surface area (Å²) in [5.41, 5.74) is 8.73. The number of pyridine rings is 1. The Kier molecular flexibility index (Phi) is 2.54. The number of benzene rings is 2. The van der Waals surface area contributed by atoms with Crippen molar-refractivity contribution in [2.75, 3.05) is 5.73 Å². The molecule has 0 aliphatic carbocycles. The molecule has 0 bridgehead atoms. The van der Waals surface area contributed by atoms with Crippen LogP contribution < -0.4 is 5.73 Å². The van der Waals surface area contributed by atoms with E-state index in [0.717, 1.165) is 32.9 Å². The second kappa shape index (κ2) is 4.52. The van der Waals surface area contributed by atoms with Crippen LogP contribution >= 0.6 is 0 Å². The molecule has 0 saturated heterocycles. The smallest absolute Gasteiger partial charge is 0.154 e. The molecule has 0 amide bonds. The molecule has 0 saturated carbocycles. The standard InChI is InChI=1S/C17H12N4/c18-17-14-6-2-1-5-13(14)16(20-21-17)12-7-8-15-11(10-12)4-3-9-19-15/h1-10H,(H2,18,21). The van der Waals surface area contributed by atoms with Crippen molar-refractivity contribution < 1.29 is 0 Å². The van der Waals surface area contributed by atoms with Crippen molar-refractivity contribution in [2.24, 2.45) is 0 Å². The third-order valence-corrected chi connectivity index (χ3v) is 3.59. The van der Waals surface area contributed by atoms with Crippen LogP contribution in [0.25, 0.3) is 32.9 Å². The van der Waals surface area contributed by atoms with Crippen molar-refractivity contribution in [1.82, 2.24) is 15.2 Å². The molecular formula is C17H12N4. The lowest BCUT2D eigenvalue weighted by molar-refractivity contribution is 1.07. The molecule has 0 aliphatic heterocycles. The molecule has 4 rings (SSSR count). The molecule has 0 radical (unpaired) electrons. The van der Waals surface area contributed by atoms with Crippen molar-refractivity contribution in [3.63, 3.8) is 0 Å². The van der Waals surface area contributed by atoms with Crippen LogP contribution in [0.1, 0.15) is 0 Å². The van der Waals surface area contributed by atoms with E-state index in [0.29, 0.717) is 5.82 Å². The molecule has 0 unspecified atom stereocenters. The fraction of sp³-hybridized carbons (Fsp3) is 0. The number of nitrogens with zero attached hydrogens (tertiary/aromatic N) is 3. The molecular weight excluding hydrogens is 260 g/mol. The van der Waals surface area contributed by atoms with Gasteiger partial charge in [-0.05, 0) is 18.2 Å². The lowest BCUT2D eigenvalue weighted by Crippen LogP contribution is -1.97. The van der Waals surface area contributed by atoms with Crippen LogP contribution in [-0.4, -0.2) is 15.2 Å². The summed E-state index contributed by atoms with van der Waals surface area (Å²) in [6, 6.07) is 18.0. The van der Waals surface area contributed by atoms with Gasteiger partial charge in [0.25, 0.3) is 0 Å². The quantitative estimate of drug-likeness (QED) is 0.576. The number of rotatable bonds is 1. The molecule has 100 valence electrons. The van der Waals surface area contributed by atoms with Gasteiger partial charge < -0.3 is 5.73 Å². The Morgan fingerprint density at radius 3 is 2.57 bits per heavy atom. The van der Waals surface area contributed by atoms with E-state index in [1.165, 1.54) is 0 Å². The summed E-state index contributed by atoms with van der Waals surface area (Å²) >= 11 is 0. The van der Waals surface area contributed by atoms with Gasteiger partial charge in [0, 0.05) is 27.9 Å². The number of fused-ring (bicyclic) bond motifs is 2. The Morgan fingerprint density at radius 2 is 1.67 bits per heavy atom. The first-order valence-corrected chi connectivity index (χ1v) is 6.69. The zero-order chi connectivity index (χ0) is 14.2. The monoisotopic (exact) mass is 272 g/mol. The minimum atomic E-state index is 0.455. The van der Waals surface area contributed by atoms with Gasteiger partial charge in [0.1, 0.15) is 5.69 Å². The predicted molar refractivity (Wildman–Crippen MR) is 84.7 cm³/mol. The first-order valence-electron chi connectivity index (χ1n) is 6.69. The highest BCUT2D eigenvalue weighted by Crippen LogP contribution is 2.29. The maximum Gasteiger partial charge on any atom is 0.154 e. The summed E-state index contributed by atoms with van der Waals surface area (Å²) < 4.78 is 0. The molecule has 0 aliphatic rings. The van der Waals surface area contributed by atoms with Crippen LogP contribution in [0.5, 0.6) is 0 Å². The van der Waals surface area contributed by atoms with Crippen molar-refractivity contribution in [1.29, 1.82) is 0 Å². The molecule has 4 aromatic rings. The maximum absolute atomic E-state index is 5.91. The number of anilines is 1. The van der Waals surface area contributed by atoms with Gasteiger partial charge in [0.2, 0.25) is 0 Å². The van der Waals surface area contributed by atoms with Crippen LogP contribution in [0.15, 0.2) is 60.8 Å². The van der Waals surface area contributed by atoms with Crippen LogP contribution in [0.4, 0.5) is 5.82 Å². The topological polar surface area (TPSA) is 64.7 Å².